The minimum atomic E-state index is -0.250. The lowest BCUT2D eigenvalue weighted by atomic mass is 10.1. The molecule has 3 aromatic heterocycles. The Morgan fingerprint density at radius 2 is 1.94 bits per heavy atom. The Morgan fingerprint density at radius 3 is 2.66 bits per heavy atom. The van der Waals surface area contributed by atoms with E-state index >= 15 is 0 Å². The van der Waals surface area contributed by atoms with E-state index in [1.807, 2.05) is 12.4 Å². The molecule has 0 radical (unpaired) electrons. The van der Waals surface area contributed by atoms with Gasteiger partial charge in [-0.1, -0.05) is 0 Å². The molecule has 2 saturated heterocycles. The van der Waals surface area contributed by atoms with Crippen LogP contribution in [0.5, 0.6) is 0 Å². The highest BCUT2D eigenvalue weighted by Crippen LogP contribution is 2.31. The number of anilines is 1. The summed E-state index contributed by atoms with van der Waals surface area (Å²) in [6.07, 6.45) is 5.57. The topological polar surface area (TPSA) is 134 Å². The van der Waals surface area contributed by atoms with Crippen molar-refractivity contribution in [1.29, 1.82) is 0 Å². The van der Waals surface area contributed by atoms with Crippen LogP contribution in [0.3, 0.4) is 0 Å². The fourth-order valence-corrected chi connectivity index (χ4v) is 4.81. The van der Waals surface area contributed by atoms with Gasteiger partial charge in [-0.25, -0.2) is 15.0 Å². The average molecular weight is 463 g/mol. The minimum absolute atomic E-state index is 0.250. The van der Waals surface area contributed by atoms with Crippen molar-refractivity contribution < 1.29 is 24.5 Å². The summed E-state index contributed by atoms with van der Waals surface area (Å²) < 4.78 is 8.09. The van der Waals surface area contributed by atoms with Crippen molar-refractivity contribution in [1.82, 2.24) is 24.4 Å². The first kappa shape index (κ1) is 23.6. The van der Waals surface area contributed by atoms with Gasteiger partial charge in [0.2, 0.25) is 0 Å². The van der Waals surface area contributed by atoms with E-state index in [9.17, 15) is 0 Å². The molecule has 32 heavy (non-hydrogen) atoms. The van der Waals surface area contributed by atoms with Crippen molar-refractivity contribution in [2.24, 2.45) is 13.0 Å². The number of fused-ring (bicyclic) bond motifs is 4. The number of hydrogen-bond donors (Lipinski definition) is 2. The first-order valence-corrected chi connectivity index (χ1v) is 10.9. The van der Waals surface area contributed by atoms with Crippen molar-refractivity contribution >= 4 is 40.3 Å². The van der Waals surface area contributed by atoms with Gasteiger partial charge in [0.25, 0.3) is 12.9 Å². The third-order valence-corrected chi connectivity index (χ3v) is 6.16. The van der Waals surface area contributed by atoms with Gasteiger partial charge in [-0.15, -0.1) is 11.3 Å². The van der Waals surface area contributed by atoms with Crippen molar-refractivity contribution in [3.8, 4) is 0 Å². The van der Waals surface area contributed by atoms with E-state index in [-0.39, 0.29) is 12.9 Å². The number of carboxylic acid groups (broad SMARTS) is 2. The molecule has 2 atom stereocenters. The standard InChI is InChI=1S/C18H22N6OS.2CH2O2/c1-22-4-3-19-16(22)9-23-6-13-7-24(14(8-23)11-25-10-13)17-15-2-5-26-18(15)21-12-20-17;2*2-1-3/h2-5,12-14H,6-11H2,1H3;2*1H,(H,2,3)/t13-,14-;;/m0../s1. The molecule has 2 aliphatic heterocycles. The first-order valence-electron chi connectivity index (χ1n) is 9.98. The number of ether oxygens (including phenoxy) is 1. The van der Waals surface area contributed by atoms with Crippen LogP contribution in [0.1, 0.15) is 5.82 Å². The normalized spacial score (nSPS) is 20.3. The van der Waals surface area contributed by atoms with Gasteiger partial charge in [0.1, 0.15) is 22.8 Å². The van der Waals surface area contributed by atoms with Gasteiger partial charge in [0.15, 0.2) is 0 Å². The second kappa shape index (κ2) is 11.5. The molecule has 0 amide bonds. The molecular formula is C20H26N6O5S. The third kappa shape index (κ3) is 5.58. The zero-order chi connectivity index (χ0) is 22.9. The van der Waals surface area contributed by atoms with E-state index in [0.717, 1.165) is 61.3 Å². The van der Waals surface area contributed by atoms with E-state index in [1.54, 1.807) is 17.7 Å². The molecule has 0 spiro atoms. The molecule has 0 aliphatic carbocycles. The smallest absolute Gasteiger partial charge is 0.290 e. The number of imidazole rings is 1. The van der Waals surface area contributed by atoms with Gasteiger partial charge < -0.3 is 24.4 Å². The number of aromatic nitrogens is 4. The van der Waals surface area contributed by atoms with Gasteiger partial charge in [-0.05, 0) is 11.4 Å². The monoisotopic (exact) mass is 462 g/mol. The van der Waals surface area contributed by atoms with E-state index < -0.39 is 0 Å². The van der Waals surface area contributed by atoms with Crippen LogP contribution in [0, 0.1) is 5.92 Å². The number of thiophene rings is 1. The molecule has 2 fully saturated rings. The summed E-state index contributed by atoms with van der Waals surface area (Å²) in [5.74, 6) is 2.63. The number of rotatable bonds is 3. The Labute approximate surface area is 188 Å². The quantitative estimate of drug-likeness (QED) is 0.546. The van der Waals surface area contributed by atoms with Gasteiger partial charge in [-0.3, -0.25) is 14.5 Å². The Morgan fingerprint density at radius 1 is 1.16 bits per heavy atom. The van der Waals surface area contributed by atoms with Crippen LogP contribution in [0.2, 0.25) is 0 Å². The Hall–Kier alpha value is -3.09. The molecule has 5 heterocycles. The predicted molar refractivity (Wildman–Crippen MR) is 119 cm³/mol. The van der Waals surface area contributed by atoms with Gasteiger partial charge in [0.05, 0.1) is 31.2 Å². The fraction of sp³-hybridized carbons (Fsp3) is 0.450. The Balaban J connectivity index is 0.000000437. The number of nitrogens with zero attached hydrogens (tertiary/aromatic N) is 6. The number of aryl methyl sites for hydroxylation is 1. The molecule has 0 unspecified atom stereocenters. The Bertz CT molecular complexity index is 1010. The largest absolute Gasteiger partial charge is 0.483 e. The molecule has 5 rings (SSSR count). The summed E-state index contributed by atoms with van der Waals surface area (Å²) >= 11 is 1.67. The maximum atomic E-state index is 8.36. The van der Waals surface area contributed by atoms with Crippen molar-refractivity contribution in [3.63, 3.8) is 0 Å². The lowest BCUT2D eigenvalue weighted by Gasteiger charge is -2.32. The Kier molecular flexibility index (Phi) is 8.48. The summed E-state index contributed by atoms with van der Waals surface area (Å²) in [7, 11) is 2.06. The van der Waals surface area contributed by atoms with Gasteiger partial charge in [-0.2, -0.15) is 0 Å². The maximum absolute atomic E-state index is 8.36. The molecule has 2 bridgehead atoms. The summed E-state index contributed by atoms with van der Waals surface area (Å²) in [6, 6.07) is 2.43. The average Bonchev–Trinajstić information content (AvgIpc) is 3.30. The first-order chi connectivity index (χ1) is 15.6. The molecule has 11 nitrogen and oxygen atoms in total. The van der Waals surface area contributed by atoms with Crippen molar-refractivity contribution in [2.45, 2.75) is 12.6 Å². The van der Waals surface area contributed by atoms with Crippen LogP contribution in [0.25, 0.3) is 10.2 Å². The van der Waals surface area contributed by atoms with Crippen LogP contribution < -0.4 is 4.90 Å². The SMILES string of the molecule is Cn1ccnc1CN1C[C@@H]2COC[C@H](C1)N(c1ncnc3sccc13)C2.O=CO.O=CO. The van der Waals surface area contributed by atoms with E-state index in [1.165, 1.54) is 0 Å². The van der Waals surface area contributed by atoms with E-state index in [4.69, 9.17) is 24.5 Å². The van der Waals surface area contributed by atoms with E-state index in [0.29, 0.717) is 12.0 Å². The lowest BCUT2D eigenvalue weighted by molar-refractivity contribution is -0.123. The zero-order valence-electron chi connectivity index (χ0n) is 17.6. The highest BCUT2D eigenvalue weighted by atomic mass is 32.1. The van der Waals surface area contributed by atoms with Crippen LogP contribution in [-0.2, 0) is 27.9 Å². The van der Waals surface area contributed by atoms with Crippen LogP contribution in [-0.4, -0.2) is 86.5 Å². The second-order valence-electron chi connectivity index (χ2n) is 7.41. The molecule has 12 heteroatoms. The molecule has 3 aromatic rings. The number of hydrogen-bond acceptors (Lipinski definition) is 9. The molecule has 2 aliphatic rings. The second-order valence-corrected chi connectivity index (χ2v) is 8.30. The third-order valence-electron chi connectivity index (χ3n) is 5.34. The molecule has 2 N–H and O–H groups in total. The number of carbonyl (C=O) groups is 2. The minimum Gasteiger partial charge on any atom is -0.483 e. The molecule has 172 valence electrons. The summed E-state index contributed by atoms with van der Waals surface area (Å²) in [5.41, 5.74) is 0. The van der Waals surface area contributed by atoms with Crippen molar-refractivity contribution in [2.75, 3.05) is 37.7 Å². The predicted octanol–water partition coefficient (Wildman–Crippen LogP) is 1.16. The summed E-state index contributed by atoms with van der Waals surface area (Å²) in [6.45, 7) is 4.88. The van der Waals surface area contributed by atoms with E-state index in [2.05, 4.69) is 47.8 Å². The highest BCUT2D eigenvalue weighted by molar-refractivity contribution is 7.16. The zero-order valence-corrected chi connectivity index (χ0v) is 18.5. The molecule has 0 aromatic carbocycles. The van der Waals surface area contributed by atoms with Crippen molar-refractivity contribution in [3.05, 3.63) is 36.0 Å². The summed E-state index contributed by atoms with van der Waals surface area (Å²) in [4.78, 5) is 36.3. The maximum Gasteiger partial charge on any atom is 0.290 e. The van der Waals surface area contributed by atoms with Gasteiger partial charge >= 0.3 is 0 Å². The van der Waals surface area contributed by atoms with Crippen LogP contribution in [0.4, 0.5) is 5.82 Å². The molecule has 0 saturated carbocycles. The lowest BCUT2D eigenvalue weighted by Crippen LogP contribution is -2.44. The fourth-order valence-electron chi connectivity index (χ4n) is 4.08. The van der Waals surface area contributed by atoms with Crippen LogP contribution in [0.15, 0.2) is 30.2 Å². The summed E-state index contributed by atoms with van der Waals surface area (Å²) in [5, 5.41) is 17.0. The highest BCUT2D eigenvalue weighted by Gasteiger charge is 2.35. The van der Waals surface area contributed by atoms with Gasteiger partial charge in [0, 0.05) is 45.0 Å². The molecular weight excluding hydrogens is 436 g/mol. The van der Waals surface area contributed by atoms with Crippen LogP contribution >= 0.6 is 11.3 Å².